The average molecular weight is 460 g/mol. The molecule has 2 heterocycles. The Morgan fingerprint density at radius 3 is 2.62 bits per heavy atom. The van der Waals surface area contributed by atoms with Crippen molar-refractivity contribution in [1.29, 1.82) is 0 Å². The normalized spacial score (nSPS) is 19.0. The van der Waals surface area contributed by atoms with Crippen molar-refractivity contribution in [2.24, 2.45) is 11.8 Å². The van der Waals surface area contributed by atoms with Crippen LogP contribution in [0.1, 0.15) is 55.2 Å². The summed E-state index contributed by atoms with van der Waals surface area (Å²) in [6.07, 6.45) is 4.73. The first-order chi connectivity index (χ1) is 16.4. The van der Waals surface area contributed by atoms with Gasteiger partial charge in [-0.2, -0.15) is 0 Å². The van der Waals surface area contributed by atoms with Crippen LogP contribution < -0.4 is 9.47 Å². The maximum Gasteiger partial charge on any atom is 0.213 e. The van der Waals surface area contributed by atoms with Crippen molar-refractivity contribution in [2.75, 3.05) is 13.7 Å². The number of ketones is 1. The summed E-state index contributed by atoms with van der Waals surface area (Å²) >= 11 is 0. The number of nitrogens with zero attached hydrogens (tertiary/aromatic N) is 1. The number of fused-ring (bicyclic) bond motifs is 1. The van der Waals surface area contributed by atoms with E-state index in [9.17, 15) is 4.79 Å². The van der Waals surface area contributed by atoms with Gasteiger partial charge < -0.3 is 9.47 Å². The second-order valence-electron chi connectivity index (χ2n) is 9.66. The molecule has 1 saturated carbocycles. The highest BCUT2D eigenvalue weighted by molar-refractivity contribution is 5.79. The lowest BCUT2D eigenvalue weighted by molar-refractivity contribution is -0.121. The summed E-state index contributed by atoms with van der Waals surface area (Å²) in [4.78, 5) is 16.3. The second-order valence-corrected chi connectivity index (χ2v) is 9.66. The van der Waals surface area contributed by atoms with E-state index in [0.717, 1.165) is 22.4 Å². The van der Waals surface area contributed by atoms with E-state index < -0.39 is 0 Å². The minimum Gasteiger partial charge on any atom is -0.493 e. The third-order valence-corrected chi connectivity index (χ3v) is 7.40. The van der Waals surface area contributed by atoms with Crippen molar-refractivity contribution in [2.45, 2.75) is 44.9 Å². The Hall–Kier alpha value is -3.21. The van der Waals surface area contributed by atoms with Crippen molar-refractivity contribution in [3.8, 4) is 22.8 Å². The van der Waals surface area contributed by atoms with Crippen LogP contribution in [-0.2, 0) is 11.2 Å². The molecule has 2 aromatic carbocycles. The van der Waals surface area contributed by atoms with Gasteiger partial charge >= 0.3 is 0 Å². The number of methoxy groups -OCH3 is 1. The average Bonchev–Trinajstić information content (AvgIpc) is 3.68. The van der Waals surface area contributed by atoms with Crippen molar-refractivity contribution < 1.29 is 18.7 Å². The summed E-state index contributed by atoms with van der Waals surface area (Å²) in [7, 11) is 1.57. The highest BCUT2D eigenvalue weighted by Crippen LogP contribution is 2.48. The molecule has 1 unspecified atom stereocenters. The predicted octanol–water partition coefficient (Wildman–Crippen LogP) is 6.33. The summed E-state index contributed by atoms with van der Waals surface area (Å²) in [6, 6.07) is 15.4. The molecule has 0 spiro atoms. The fourth-order valence-corrected chi connectivity index (χ4v) is 5.24. The Balaban J connectivity index is 1.40. The van der Waals surface area contributed by atoms with E-state index in [4.69, 9.17) is 9.47 Å². The zero-order valence-electron chi connectivity index (χ0n) is 19.9. The number of carbonyl (C=O) groups is 1. The van der Waals surface area contributed by atoms with Crippen molar-refractivity contribution in [3.05, 3.63) is 77.2 Å². The second kappa shape index (κ2) is 9.21. The van der Waals surface area contributed by atoms with Crippen molar-refractivity contribution in [3.63, 3.8) is 0 Å². The van der Waals surface area contributed by atoms with Gasteiger partial charge in [0, 0.05) is 24.1 Å². The third kappa shape index (κ3) is 4.44. The molecule has 0 N–H and O–H groups in total. The van der Waals surface area contributed by atoms with E-state index in [1.54, 1.807) is 32.4 Å². The van der Waals surface area contributed by atoms with Crippen LogP contribution in [0.3, 0.4) is 0 Å². The molecule has 5 heteroatoms. The van der Waals surface area contributed by atoms with E-state index in [2.05, 4.69) is 17.1 Å². The maximum absolute atomic E-state index is 15.3. The lowest BCUT2D eigenvalue weighted by atomic mass is 9.79. The molecule has 4 nitrogen and oxygen atoms in total. The molecule has 0 radical (unpaired) electrons. The predicted molar refractivity (Wildman–Crippen MR) is 130 cm³/mol. The number of rotatable bonds is 7. The molecular formula is C29H30FNO3. The Bertz CT molecular complexity index is 1220. The smallest absolute Gasteiger partial charge is 0.213 e. The number of aromatic nitrogens is 1. The molecule has 0 bridgehead atoms. The van der Waals surface area contributed by atoms with Crippen molar-refractivity contribution in [1.82, 2.24) is 4.98 Å². The highest BCUT2D eigenvalue weighted by Gasteiger charge is 2.38. The van der Waals surface area contributed by atoms with Gasteiger partial charge in [0.1, 0.15) is 17.3 Å². The minimum atomic E-state index is -0.234. The number of hydrogen-bond acceptors (Lipinski definition) is 4. The SMILES string of the molecule is COc1cc(-c2ccc(C3COc4ccc([C@H](C5CC5)[C@H](C)C(C)=O)cc4C3)c(F)c2)ccn1. The summed E-state index contributed by atoms with van der Waals surface area (Å²) in [5.41, 5.74) is 4.61. The Labute approximate surface area is 200 Å². The molecule has 1 fully saturated rings. The molecule has 34 heavy (non-hydrogen) atoms. The summed E-state index contributed by atoms with van der Waals surface area (Å²) < 4.78 is 26.5. The van der Waals surface area contributed by atoms with Gasteiger partial charge in [-0.1, -0.05) is 31.2 Å². The number of ether oxygens (including phenoxy) is 2. The molecule has 1 aliphatic carbocycles. The summed E-state index contributed by atoms with van der Waals surface area (Å²) in [5.74, 6) is 2.13. The Kier molecular flexibility index (Phi) is 6.11. The van der Waals surface area contributed by atoms with Crippen LogP contribution in [0.5, 0.6) is 11.6 Å². The fourth-order valence-electron chi connectivity index (χ4n) is 5.24. The van der Waals surface area contributed by atoms with Crippen LogP contribution in [0.4, 0.5) is 4.39 Å². The fraction of sp³-hybridized carbons (Fsp3) is 0.379. The molecule has 2 aliphatic rings. The zero-order valence-corrected chi connectivity index (χ0v) is 19.9. The van der Waals surface area contributed by atoms with Gasteiger partial charge in [0.05, 0.1) is 13.7 Å². The van der Waals surface area contributed by atoms with Gasteiger partial charge in [0.25, 0.3) is 0 Å². The molecule has 176 valence electrons. The van der Waals surface area contributed by atoms with Gasteiger partial charge in [-0.05, 0) is 84.0 Å². The number of hydrogen-bond donors (Lipinski definition) is 0. The lowest BCUT2D eigenvalue weighted by Crippen LogP contribution is -2.22. The van der Waals surface area contributed by atoms with E-state index in [-0.39, 0.29) is 29.4 Å². The monoisotopic (exact) mass is 459 g/mol. The maximum atomic E-state index is 15.3. The standard InChI is InChI=1S/C29H30FNO3/c1-17(18(2)32)29(19-4-5-19)22-7-9-27-23(12-22)13-24(16-34-27)25-8-6-20(14-26(25)30)21-10-11-31-28(15-21)33-3/h6-12,14-15,17,19,24,29H,4-5,13,16H2,1-3H3/t17-,24?,29+/m1/s1. The van der Waals surface area contributed by atoms with Crippen molar-refractivity contribution >= 4 is 5.78 Å². The summed E-state index contributed by atoms with van der Waals surface area (Å²) in [6.45, 7) is 4.17. The van der Waals surface area contributed by atoms with Gasteiger partial charge in [-0.3, -0.25) is 4.79 Å². The van der Waals surface area contributed by atoms with Gasteiger partial charge in [-0.25, -0.2) is 9.37 Å². The highest BCUT2D eigenvalue weighted by atomic mass is 19.1. The quantitative estimate of drug-likeness (QED) is 0.414. The third-order valence-electron chi connectivity index (χ3n) is 7.40. The molecule has 5 rings (SSSR count). The lowest BCUT2D eigenvalue weighted by Gasteiger charge is -2.29. The van der Waals surface area contributed by atoms with Crippen LogP contribution in [0.2, 0.25) is 0 Å². The topological polar surface area (TPSA) is 48.4 Å². The molecule has 1 aromatic heterocycles. The number of Topliss-reactive ketones (excluding diaryl/α,β-unsaturated/α-hetero) is 1. The van der Waals surface area contributed by atoms with E-state index >= 15 is 4.39 Å². The van der Waals surface area contributed by atoms with Gasteiger partial charge in [0.15, 0.2) is 0 Å². The number of benzene rings is 2. The van der Waals surface area contributed by atoms with Crippen LogP contribution in [-0.4, -0.2) is 24.5 Å². The van der Waals surface area contributed by atoms with Gasteiger partial charge in [-0.15, -0.1) is 0 Å². The minimum absolute atomic E-state index is 0.00246. The largest absolute Gasteiger partial charge is 0.493 e. The number of halogens is 1. The van der Waals surface area contributed by atoms with Crippen LogP contribution in [0.15, 0.2) is 54.7 Å². The molecule has 3 aromatic rings. The summed E-state index contributed by atoms with van der Waals surface area (Å²) in [5, 5.41) is 0. The van der Waals surface area contributed by atoms with Gasteiger partial charge in [0.2, 0.25) is 5.88 Å². The van der Waals surface area contributed by atoms with Crippen LogP contribution >= 0.6 is 0 Å². The molecule has 3 atom stereocenters. The number of carbonyl (C=O) groups excluding carboxylic acids is 1. The molecular weight excluding hydrogens is 429 g/mol. The number of pyridine rings is 1. The Morgan fingerprint density at radius 2 is 1.91 bits per heavy atom. The van der Waals surface area contributed by atoms with Crippen LogP contribution in [0.25, 0.3) is 11.1 Å². The van der Waals surface area contributed by atoms with E-state index in [1.807, 2.05) is 31.2 Å². The Morgan fingerprint density at radius 1 is 1.12 bits per heavy atom. The van der Waals surface area contributed by atoms with E-state index in [1.165, 1.54) is 18.4 Å². The van der Waals surface area contributed by atoms with Crippen LogP contribution in [0, 0.1) is 17.7 Å². The zero-order chi connectivity index (χ0) is 23.8. The molecule has 1 aliphatic heterocycles. The van der Waals surface area contributed by atoms with E-state index in [0.29, 0.717) is 30.4 Å². The first-order valence-corrected chi connectivity index (χ1v) is 12.0. The first kappa shape index (κ1) is 22.6. The molecule has 0 amide bonds. The molecule has 0 saturated heterocycles. The first-order valence-electron chi connectivity index (χ1n) is 12.0.